The Morgan fingerprint density at radius 2 is 1.69 bits per heavy atom. The van der Waals surface area contributed by atoms with Crippen LogP contribution in [0.2, 0.25) is 5.02 Å². The molecule has 3 heterocycles. The SMILES string of the molecule is COc1ccccc1-c1nccc(COc2ccccc2C[C@@H](Oc2nsc3ccc(-c4cccc(F)c4)c(-c4ccc(OCCC5CCN(C)CC5)c(Cl)c4C)c23)C(=O)O)n1. The molecule has 7 aromatic rings. The topological polar surface area (TPSA) is 116 Å². The van der Waals surface area contributed by atoms with Crippen molar-refractivity contribution in [3.05, 3.63) is 137 Å². The summed E-state index contributed by atoms with van der Waals surface area (Å²) in [6.45, 7) is 4.77. The van der Waals surface area contributed by atoms with Crippen molar-refractivity contribution in [2.45, 2.75) is 45.3 Å². The van der Waals surface area contributed by atoms with Crippen molar-refractivity contribution in [2.24, 2.45) is 5.92 Å². The minimum atomic E-state index is -1.35. The predicted molar refractivity (Wildman–Crippen MR) is 241 cm³/mol. The zero-order valence-corrected chi connectivity index (χ0v) is 36.2. The molecule has 0 aliphatic carbocycles. The summed E-state index contributed by atoms with van der Waals surface area (Å²) in [4.78, 5) is 24.5. The average Bonchev–Trinajstić information content (AvgIpc) is 3.70. The summed E-state index contributed by atoms with van der Waals surface area (Å²) in [6, 6.07) is 30.5. The van der Waals surface area contributed by atoms with E-state index in [0.29, 0.717) is 74.0 Å². The molecular formula is C49H46ClFN4O6S. The minimum Gasteiger partial charge on any atom is -0.496 e. The zero-order chi connectivity index (χ0) is 43.2. The number of hydrogen-bond acceptors (Lipinski definition) is 10. The molecule has 0 unspecified atom stereocenters. The first-order valence-electron chi connectivity index (χ1n) is 20.5. The Morgan fingerprint density at radius 3 is 2.48 bits per heavy atom. The third-order valence-electron chi connectivity index (χ3n) is 11.3. The fourth-order valence-corrected chi connectivity index (χ4v) is 8.85. The number of halogens is 2. The van der Waals surface area contributed by atoms with Crippen LogP contribution in [0.1, 0.15) is 36.1 Å². The van der Waals surface area contributed by atoms with Crippen LogP contribution in [0.4, 0.5) is 4.39 Å². The van der Waals surface area contributed by atoms with Gasteiger partial charge in [0.25, 0.3) is 0 Å². The van der Waals surface area contributed by atoms with Gasteiger partial charge in [0.1, 0.15) is 29.7 Å². The first-order chi connectivity index (χ1) is 30.2. The lowest BCUT2D eigenvalue weighted by Crippen LogP contribution is -2.30. The second kappa shape index (κ2) is 19.3. The summed E-state index contributed by atoms with van der Waals surface area (Å²) >= 11 is 8.27. The number of aliphatic carboxylic acids is 1. The van der Waals surface area contributed by atoms with Crippen LogP contribution in [0.5, 0.6) is 23.1 Å². The summed E-state index contributed by atoms with van der Waals surface area (Å²) in [6.07, 6.45) is 3.53. The third kappa shape index (κ3) is 9.52. The number of nitrogens with zero attached hydrogens (tertiary/aromatic N) is 4. The zero-order valence-electron chi connectivity index (χ0n) is 34.6. The van der Waals surface area contributed by atoms with Gasteiger partial charge in [-0.1, -0.05) is 66.2 Å². The van der Waals surface area contributed by atoms with Gasteiger partial charge in [0, 0.05) is 18.2 Å². The molecule has 1 saturated heterocycles. The van der Waals surface area contributed by atoms with Crippen molar-refractivity contribution in [2.75, 3.05) is 33.9 Å². The number of carbonyl (C=O) groups is 1. The highest BCUT2D eigenvalue weighted by atomic mass is 35.5. The van der Waals surface area contributed by atoms with Crippen LogP contribution in [-0.4, -0.2) is 70.3 Å². The Hall–Kier alpha value is -6.08. The van der Waals surface area contributed by atoms with Gasteiger partial charge in [-0.2, -0.15) is 4.37 Å². The van der Waals surface area contributed by atoms with Gasteiger partial charge >= 0.3 is 5.97 Å². The molecule has 1 fully saturated rings. The number of methoxy groups -OCH3 is 1. The molecule has 10 nitrogen and oxygen atoms in total. The molecule has 318 valence electrons. The maximum Gasteiger partial charge on any atom is 0.345 e. The predicted octanol–water partition coefficient (Wildman–Crippen LogP) is 11.0. The highest BCUT2D eigenvalue weighted by Crippen LogP contribution is 2.47. The van der Waals surface area contributed by atoms with Crippen molar-refractivity contribution < 1.29 is 33.2 Å². The van der Waals surface area contributed by atoms with Crippen LogP contribution in [0, 0.1) is 18.7 Å². The molecule has 1 N–H and O–H groups in total. The largest absolute Gasteiger partial charge is 0.496 e. The summed E-state index contributed by atoms with van der Waals surface area (Å²) in [7, 11) is 3.75. The summed E-state index contributed by atoms with van der Waals surface area (Å²) < 4.78 is 44.7. The van der Waals surface area contributed by atoms with E-state index in [1.54, 1.807) is 31.5 Å². The highest BCUT2D eigenvalue weighted by molar-refractivity contribution is 7.13. The summed E-state index contributed by atoms with van der Waals surface area (Å²) in [5, 5.41) is 11.7. The van der Waals surface area contributed by atoms with E-state index in [4.69, 9.17) is 35.5 Å². The van der Waals surface area contributed by atoms with Crippen molar-refractivity contribution >= 4 is 39.2 Å². The van der Waals surface area contributed by atoms with E-state index in [1.807, 2.05) is 79.7 Å². The van der Waals surface area contributed by atoms with Crippen molar-refractivity contribution in [1.29, 1.82) is 0 Å². The van der Waals surface area contributed by atoms with E-state index >= 15 is 0 Å². The van der Waals surface area contributed by atoms with E-state index in [2.05, 4.69) is 21.3 Å². The maximum atomic E-state index is 14.8. The van der Waals surface area contributed by atoms with Crippen LogP contribution < -0.4 is 18.9 Å². The number of fused-ring (bicyclic) bond motifs is 1. The number of piperidine rings is 1. The number of rotatable bonds is 16. The van der Waals surface area contributed by atoms with Gasteiger partial charge in [-0.15, -0.1) is 0 Å². The number of carboxylic acid groups (broad SMARTS) is 1. The Balaban J connectivity index is 1.08. The molecule has 5 aromatic carbocycles. The number of benzene rings is 5. The molecular weight excluding hydrogens is 827 g/mol. The van der Waals surface area contributed by atoms with Crippen LogP contribution >= 0.6 is 23.1 Å². The van der Waals surface area contributed by atoms with Crippen LogP contribution in [0.15, 0.2) is 109 Å². The Labute approximate surface area is 369 Å². The number of para-hydroxylation sites is 2. The lowest BCUT2D eigenvalue weighted by Gasteiger charge is -2.28. The monoisotopic (exact) mass is 872 g/mol. The van der Waals surface area contributed by atoms with Gasteiger partial charge in [0.05, 0.1) is 40.1 Å². The normalized spacial score (nSPS) is 13.8. The summed E-state index contributed by atoms with van der Waals surface area (Å²) in [5.41, 5.74) is 5.54. The molecule has 1 aliphatic heterocycles. The Bertz CT molecular complexity index is 2700. The number of aromatic nitrogens is 3. The molecule has 8 rings (SSSR count). The molecule has 2 aromatic heterocycles. The molecule has 0 bridgehead atoms. The van der Waals surface area contributed by atoms with Crippen LogP contribution in [-0.2, 0) is 17.8 Å². The Morgan fingerprint density at radius 1 is 0.919 bits per heavy atom. The van der Waals surface area contributed by atoms with Crippen LogP contribution in [0.3, 0.4) is 0 Å². The summed E-state index contributed by atoms with van der Waals surface area (Å²) in [5.74, 6) is 1.40. The highest BCUT2D eigenvalue weighted by Gasteiger charge is 2.28. The fraction of sp³-hybridized carbons (Fsp3) is 0.265. The Kier molecular flexibility index (Phi) is 13.3. The van der Waals surface area contributed by atoms with E-state index < -0.39 is 12.1 Å². The number of likely N-dealkylation sites (tertiary alicyclic amines) is 1. The molecule has 62 heavy (non-hydrogen) atoms. The second-order valence-corrected chi connectivity index (χ2v) is 16.6. The van der Waals surface area contributed by atoms with Crippen molar-refractivity contribution in [1.82, 2.24) is 19.2 Å². The van der Waals surface area contributed by atoms with E-state index in [0.717, 1.165) is 53.7 Å². The van der Waals surface area contributed by atoms with Crippen LogP contribution in [0.25, 0.3) is 43.7 Å². The van der Waals surface area contributed by atoms with E-state index in [1.165, 1.54) is 23.7 Å². The molecule has 0 radical (unpaired) electrons. The smallest absolute Gasteiger partial charge is 0.345 e. The quantitative estimate of drug-likeness (QED) is 0.101. The van der Waals surface area contributed by atoms with Gasteiger partial charge in [0.2, 0.25) is 12.0 Å². The average molecular weight is 873 g/mol. The number of ether oxygens (including phenoxy) is 4. The van der Waals surface area contributed by atoms with E-state index in [-0.39, 0.29) is 24.7 Å². The lowest BCUT2D eigenvalue weighted by atomic mass is 9.89. The standard InChI is InChI=1S/C49H46ClFN4O6S/c1-30-36(15-17-41(46(30)50)59-26-22-31-20-24-55(2)25-21-31)44-37(32-10-8-11-34(51)27-32)16-18-43-45(44)48(54-62-43)61-42(49(56)57)28-33-9-4-6-13-39(33)60-29-35-19-23-52-47(53-35)38-12-5-7-14-40(38)58-3/h4-19,23,27,31,42H,20-22,24-26,28-29H2,1-3H3,(H,56,57)/t42-/m1/s1. The third-order valence-corrected chi connectivity index (χ3v) is 12.6. The van der Waals surface area contributed by atoms with Gasteiger partial charge in [-0.3, -0.25) is 0 Å². The van der Waals surface area contributed by atoms with Crippen molar-refractivity contribution in [3.8, 4) is 56.8 Å². The van der Waals surface area contributed by atoms with Crippen molar-refractivity contribution in [3.63, 3.8) is 0 Å². The second-order valence-electron chi connectivity index (χ2n) is 15.4. The molecule has 0 amide bonds. The number of hydrogen-bond donors (Lipinski definition) is 1. The lowest BCUT2D eigenvalue weighted by molar-refractivity contribution is -0.145. The molecule has 0 saturated carbocycles. The molecule has 13 heteroatoms. The van der Waals surface area contributed by atoms with Gasteiger partial charge in [-0.05, 0) is 140 Å². The first kappa shape index (κ1) is 42.6. The maximum absolute atomic E-state index is 14.8. The fourth-order valence-electron chi connectivity index (χ4n) is 7.91. The van der Waals surface area contributed by atoms with Gasteiger partial charge in [-0.25, -0.2) is 19.2 Å². The van der Waals surface area contributed by atoms with Gasteiger partial charge < -0.3 is 29.0 Å². The van der Waals surface area contributed by atoms with E-state index in [9.17, 15) is 14.3 Å². The molecule has 1 atom stereocenters. The number of carboxylic acids is 1. The molecule has 0 spiro atoms. The van der Waals surface area contributed by atoms with Gasteiger partial charge in [0.15, 0.2) is 5.82 Å². The molecule has 1 aliphatic rings. The first-order valence-corrected chi connectivity index (χ1v) is 21.7. The minimum absolute atomic E-state index is 0.0336.